The minimum Gasteiger partial charge on any atom is -0.462 e. The summed E-state index contributed by atoms with van der Waals surface area (Å²) in [6.07, 6.45) is 2.40. The van der Waals surface area contributed by atoms with Crippen LogP contribution in [0.5, 0.6) is 11.5 Å². The van der Waals surface area contributed by atoms with E-state index in [4.69, 9.17) is 21.1 Å². The third-order valence-electron chi connectivity index (χ3n) is 5.14. The van der Waals surface area contributed by atoms with Gasteiger partial charge in [0.15, 0.2) is 0 Å². The van der Waals surface area contributed by atoms with Crippen LogP contribution in [0.2, 0.25) is 5.02 Å². The van der Waals surface area contributed by atoms with Crippen LogP contribution in [0.1, 0.15) is 35.7 Å². The highest BCUT2D eigenvalue weighted by molar-refractivity contribution is 6.32. The van der Waals surface area contributed by atoms with E-state index in [1.165, 1.54) is 0 Å². The molecule has 0 saturated carbocycles. The summed E-state index contributed by atoms with van der Waals surface area (Å²) < 4.78 is 11.1. The first-order valence-corrected chi connectivity index (χ1v) is 11.2. The number of hydrogen-bond acceptors (Lipinski definition) is 5. The fourth-order valence-electron chi connectivity index (χ4n) is 3.51. The average molecular weight is 476 g/mol. The molecule has 1 heterocycles. The lowest BCUT2D eigenvalue weighted by Crippen LogP contribution is -2.28. The van der Waals surface area contributed by atoms with Crippen LogP contribution in [0.4, 0.5) is 5.69 Å². The van der Waals surface area contributed by atoms with Crippen LogP contribution in [0.3, 0.4) is 0 Å². The molecule has 0 atom stereocenters. The van der Waals surface area contributed by atoms with Gasteiger partial charge in [-0.2, -0.15) is 0 Å². The maximum atomic E-state index is 13.0. The summed E-state index contributed by atoms with van der Waals surface area (Å²) in [7, 11) is 0. The van der Waals surface area contributed by atoms with E-state index in [-0.39, 0.29) is 18.3 Å². The minimum atomic E-state index is -0.392. The van der Waals surface area contributed by atoms with Crippen LogP contribution in [-0.4, -0.2) is 24.4 Å². The standard InChI is InChI=1S/C27H22ClNO5/c1-2-14-33-27(32)18-10-12-23(13-11-18)34-24-9-4-3-6-19(24)15-20-16-25(30)29(26(20)31)22-8-5-7-21(28)17-22/h3-13,15,17H,2,14,16H2,1H3/b20-15-. The van der Waals surface area contributed by atoms with Gasteiger partial charge >= 0.3 is 5.97 Å². The number of carbonyl (C=O) groups is 3. The highest BCUT2D eigenvalue weighted by Gasteiger charge is 2.35. The lowest BCUT2D eigenvalue weighted by Gasteiger charge is -2.13. The topological polar surface area (TPSA) is 72.9 Å². The second-order valence-electron chi connectivity index (χ2n) is 7.66. The molecule has 0 spiro atoms. The molecule has 0 unspecified atom stereocenters. The highest BCUT2D eigenvalue weighted by Crippen LogP contribution is 2.32. The summed E-state index contributed by atoms with van der Waals surface area (Å²) in [5, 5.41) is 0.443. The van der Waals surface area contributed by atoms with Gasteiger partial charge in [-0.3, -0.25) is 9.59 Å². The van der Waals surface area contributed by atoms with Gasteiger partial charge in [0.05, 0.1) is 24.3 Å². The number of ether oxygens (including phenoxy) is 2. The highest BCUT2D eigenvalue weighted by atomic mass is 35.5. The third kappa shape index (κ3) is 5.18. The Kier molecular flexibility index (Phi) is 7.09. The summed E-state index contributed by atoms with van der Waals surface area (Å²) >= 11 is 6.03. The normalized spacial score (nSPS) is 14.5. The number of amides is 2. The van der Waals surface area contributed by atoms with Crippen LogP contribution < -0.4 is 9.64 Å². The molecule has 0 bridgehead atoms. The molecule has 0 radical (unpaired) electrons. The second kappa shape index (κ2) is 10.4. The summed E-state index contributed by atoms with van der Waals surface area (Å²) in [6, 6.07) is 20.5. The van der Waals surface area contributed by atoms with E-state index in [1.807, 2.05) is 19.1 Å². The molecule has 4 rings (SSSR count). The fraction of sp³-hybridized carbons (Fsp3) is 0.148. The van der Waals surface area contributed by atoms with Crippen LogP contribution in [0.25, 0.3) is 6.08 Å². The molecule has 7 heteroatoms. The summed E-state index contributed by atoms with van der Waals surface area (Å²) in [6.45, 7) is 2.30. The molecule has 1 fully saturated rings. The van der Waals surface area contributed by atoms with Crippen molar-refractivity contribution in [2.45, 2.75) is 19.8 Å². The summed E-state index contributed by atoms with van der Waals surface area (Å²) in [5.74, 6) is -0.0586. The predicted octanol–water partition coefficient (Wildman–Crippen LogP) is 6.05. The summed E-state index contributed by atoms with van der Waals surface area (Å²) in [4.78, 5) is 38.7. The Morgan fingerprint density at radius 2 is 1.79 bits per heavy atom. The molecule has 2 amide bonds. The molecule has 34 heavy (non-hydrogen) atoms. The SMILES string of the molecule is CCCOC(=O)c1ccc(Oc2ccccc2/C=C2/CC(=O)N(c3cccc(Cl)c3)C2=O)cc1. The number of anilines is 1. The van der Waals surface area contributed by atoms with Crippen molar-refractivity contribution in [2.75, 3.05) is 11.5 Å². The Hall–Kier alpha value is -3.90. The monoisotopic (exact) mass is 475 g/mol. The maximum absolute atomic E-state index is 13.0. The van der Waals surface area contributed by atoms with Gasteiger partial charge in [0.25, 0.3) is 5.91 Å². The van der Waals surface area contributed by atoms with Gasteiger partial charge in [-0.05, 0) is 61.0 Å². The Labute approximate surface area is 202 Å². The van der Waals surface area contributed by atoms with Gasteiger partial charge in [-0.25, -0.2) is 9.69 Å². The zero-order chi connectivity index (χ0) is 24.1. The quantitative estimate of drug-likeness (QED) is 0.236. The molecule has 3 aromatic carbocycles. The first-order valence-electron chi connectivity index (χ1n) is 10.8. The van der Waals surface area contributed by atoms with Crippen molar-refractivity contribution in [1.29, 1.82) is 0 Å². The predicted molar refractivity (Wildman–Crippen MR) is 130 cm³/mol. The largest absolute Gasteiger partial charge is 0.462 e. The molecule has 1 aliphatic heterocycles. The molecule has 0 aliphatic carbocycles. The van der Waals surface area contributed by atoms with E-state index in [0.29, 0.717) is 45.5 Å². The first kappa shape index (κ1) is 23.3. The van der Waals surface area contributed by atoms with E-state index in [9.17, 15) is 14.4 Å². The Balaban J connectivity index is 1.54. The Bertz CT molecular complexity index is 1270. The molecule has 0 aromatic heterocycles. The Morgan fingerprint density at radius 3 is 2.53 bits per heavy atom. The van der Waals surface area contributed by atoms with Crippen molar-refractivity contribution in [2.24, 2.45) is 0 Å². The van der Waals surface area contributed by atoms with E-state index < -0.39 is 5.91 Å². The number of rotatable bonds is 7. The van der Waals surface area contributed by atoms with Gasteiger partial charge in [0, 0.05) is 16.2 Å². The van der Waals surface area contributed by atoms with Gasteiger partial charge in [0.2, 0.25) is 5.91 Å². The fourth-order valence-corrected chi connectivity index (χ4v) is 3.69. The smallest absolute Gasteiger partial charge is 0.338 e. The molecule has 3 aromatic rings. The van der Waals surface area contributed by atoms with E-state index >= 15 is 0 Å². The van der Waals surface area contributed by atoms with Crippen molar-refractivity contribution in [3.8, 4) is 11.5 Å². The van der Waals surface area contributed by atoms with Gasteiger partial charge < -0.3 is 9.47 Å². The lowest BCUT2D eigenvalue weighted by molar-refractivity contribution is -0.120. The number of hydrogen-bond donors (Lipinski definition) is 0. The molecular formula is C27H22ClNO5. The maximum Gasteiger partial charge on any atom is 0.338 e. The number of halogens is 1. The third-order valence-corrected chi connectivity index (χ3v) is 5.37. The molecular weight excluding hydrogens is 454 g/mol. The number of imide groups is 1. The average Bonchev–Trinajstić information content (AvgIpc) is 3.11. The second-order valence-corrected chi connectivity index (χ2v) is 8.10. The number of benzene rings is 3. The number of esters is 1. The van der Waals surface area contributed by atoms with Crippen molar-refractivity contribution in [3.05, 3.63) is 94.5 Å². The molecule has 6 nitrogen and oxygen atoms in total. The van der Waals surface area contributed by atoms with Crippen LogP contribution in [0.15, 0.2) is 78.4 Å². The van der Waals surface area contributed by atoms with Crippen molar-refractivity contribution >= 4 is 41.1 Å². The van der Waals surface area contributed by atoms with Crippen LogP contribution in [-0.2, 0) is 14.3 Å². The zero-order valence-corrected chi connectivity index (χ0v) is 19.2. The number of nitrogens with zero attached hydrogens (tertiary/aromatic N) is 1. The van der Waals surface area contributed by atoms with Gasteiger partial charge in [-0.1, -0.05) is 42.8 Å². The first-order chi connectivity index (χ1) is 16.5. The van der Waals surface area contributed by atoms with Crippen molar-refractivity contribution < 1.29 is 23.9 Å². The van der Waals surface area contributed by atoms with E-state index in [0.717, 1.165) is 11.3 Å². The number of para-hydroxylation sites is 1. The van der Waals surface area contributed by atoms with E-state index in [1.54, 1.807) is 66.7 Å². The number of carbonyl (C=O) groups excluding carboxylic acids is 3. The molecule has 1 aliphatic rings. The van der Waals surface area contributed by atoms with Gasteiger partial charge in [-0.15, -0.1) is 0 Å². The van der Waals surface area contributed by atoms with Gasteiger partial charge in [0.1, 0.15) is 11.5 Å². The zero-order valence-electron chi connectivity index (χ0n) is 18.5. The van der Waals surface area contributed by atoms with Crippen LogP contribution >= 0.6 is 11.6 Å². The summed E-state index contributed by atoms with van der Waals surface area (Å²) in [5.41, 5.74) is 1.88. The molecule has 172 valence electrons. The molecule has 1 saturated heterocycles. The Morgan fingerprint density at radius 1 is 1.03 bits per heavy atom. The lowest BCUT2D eigenvalue weighted by atomic mass is 10.1. The minimum absolute atomic E-state index is 0.0196. The van der Waals surface area contributed by atoms with E-state index in [2.05, 4.69) is 0 Å². The van der Waals surface area contributed by atoms with Crippen LogP contribution in [0, 0.1) is 0 Å². The van der Waals surface area contributed by atoms with Crippen molar-refractivity contribution in [1.82, 2.24) is 0 Å². The van der Waals surface area contributed by atoms with Crippen molar-refractivity contribution in [3.63, 3.8) is 0 Å². The molecule has 0 N–H and O–H groups in total.